The SMILES string of the molecule is O=C(c1ccccc1O)C1C=CC(O)=CC1. The number of hydrogen-bond acceptors (Lipinski definition) is 3. The summed E-state index contributed by atoms with van der Waals surface area (Å²) in [6, 6.07) is 6.48. The summed E-state index contributed by atoms with van der Waals surface area (Å²) < 4.78 is 0. The van der Waals surface area contributed by atoms with Crippen molar-refractivity contribution in [3.05, 3.63) is 53.8 Å². The lowest BCUT2D eigenvalue weighted by molar-refractivity contribution is 0.0942. The van der Waals surface area contributed by atoms with Crippen molar-refractivity contribution in [1.82, 2.24) is 0 Å². The summed E-state index contributed by atoms with van der Waals surface area (Å²) in [5.74, 6) is -0.247. The monoisotopic (exact) mass is 216 g/mol. The molecule has 0 saturated carbocycles. The van der Waals surface area contributed by atoms with E-state index in [0.717, 1.165) is 0 Å². The van der Waals surface area contributed by atoms with Crippen LogP contribution in [0.2, 0.25) is 0 Å². The van der Waals surface area contributed by atoms with E-state index >= 15 is 0 Å². The van der Waals surface area contributed by atoms with Gasteiger partial charge in [-0.25, -0.2) is 0 Å². The first-order chi connectivity index (χ1) is 7.68. The normalized spacial score (nSPS) is 19.2. The molecule has 0 amide bonds. The van der Waals surface area contributed by atoms with E-state index in [1.807, 2.05) is 0 Å². The quantitative estimate of drug-likeness (QED) is 0.747. The number of rotatable bonds is 2. The standard InChI is InChI=1S/C13H12O3/c14-10-7-5-9(6-8-10)13(16)11-3-1-2-4-12(11)15/h1-5,7-9,14-15H,6H2. The fraction of sp³-hybridized carbons (Fsp3) is 0.154. The van der Waals surface area contributed by atoms with Crippen LogP contribution in [0, 0.1) is 5.92 Å². The van der Waals surface area contributed by atoms with Crippen molar-refractivity contribution < 1.29 is 15.0 Å². The first-order valence-electron chi connectivity index (χ1n) is 5.08. The third-order valence-corrected chi connectivity index (χ3v) is 2.59. The highest BCUT2D eigenvalue weighted by molar-refractivity contribution is 6.01. The lowest BCUT2D eigenvalue weighted by Crippen LogP contribution is -2.14. The zero-order chi connectivity index (χ0) is 11.5. The van der Waals surface area contributed by atoms with Gasteiger partial charge in [0.1, 0.15) is 11.5 Å². The van der Waals surface area contributed by atoms with Crippen LogP contribution in [0.5, 0.6) is 5.75 Å². The number of ketones is 1. The van der Waals surface area contributed by atoms with Gasteiger partial charge < -0.3 is 10.2 Å². The van der Waals surface area contributed by atoms with Gasteiger partial charge in [0, 0.05) is 5.92 Å². The molecule has 3 heteroatoms. The van der Waals surface area contributed by atoms with Crippen LogP contribution in [0.4, 0.5) is 0 Å². The molecule has 0 aliphatic heterocycles. The smallest absolute Gasteiger partial charge is 0.173 e. The van der Waals surface area contributed by atoms with E-state index in [9.17, 15) is 9.90 Å². The highest BCUT2D eigenvalue weighted by atomic mass is 16.3. The average molecular weight is 216 g/mol. The van der Waals surface area contributed by atoms with Crippen molar-refractivity contribution in [3.63, 3.8) is 0 Å². The molecule has 3 nitrogen and oxygen atoms in total. The van der Waals surface area contributed by atoms with Crippen molar-refractivity contribution >= 4 is 5.78 Å². The summed E-state index contributed by atoms with van der Waals surface area (Å²) in [5.41, 5.74) is 0.326. The van der Waals surface area contributed by atoms with Gasteiger partial charge in [-0.1, -0.05) is 18.2 Å². The van der Waals surface area contributed by atoms with Gasteiger partial charge in [-0.3, -0.25) is 4.79 Å². The number of carbonyl (C=O) groups is 1. The molecule has 1 atom stereocenters. The molecule has 0 bridgehead atoms. The summed E-state index contributed by atoms with van der Waals surface area (Å²) in [4.78, 5) is 12.0. The predicted octanol–water partition coefficient (Wildman–Crippen LogP) is 2.59. The molecule has 0 radical (unpaired) electrons. The lowest BCUT2D eigenvalue weighted by Gasteiger charge is -2.13. The summed E-state index contributed by atoms with van der Waals surface area (Å²) in [6.07, 6.45) is 5.23. The number of benzene rings is 1. The van der Waals surface area contributed by atoms with Crippen LogP contribution in [0.3, 0.4) is 0 Å². The molecular weight excluding hydrogens is 204 g/mol. The van der Waals surface area contributed by atoms with Crippen LogP contribution in [0.15, 0.2) is 48.3 Å². The first-order valence-corrected chi connectivity index (χ1v) is 5.08. The lowest BCUT2D eigenvalue weighted by atomic mass is 9.91. The van der Waals surface area contributed by atoms with E-state index in [2.05, 4.69) is 0 Å². The van der Waals surface area contributed by atoms with E-state index < -0.39 is 0 Å². The maximum Gasteiger partial charge on any atom is 0.173 e. The van der Waals surface area contributed by atoms with E-state index in [0.29, 0.717) is 12.0 Å². The molecule has 1 aliphatic rings. The van der Waals surface area contributed by atoms with Crippen LogP contribution in [-0.4, -0.2) is 16.0 Å². The largest absolute Gasteiger partial charge is 0.508 e. The molecule has 0 fully saturated rings. The Morgan fingerprint density at radius 3 is 2.62 bits per heavy atom. The molecule has 82 valence electrons. The van der Waals surface area contributed by atoms with Crippen molar-refractivity contribution in [2.45, 2.75) is 6.42 Å². The molecule has 1 aromatic carbocycles. The molecule has 0 heterocycles. The van der Waals surface area contributed by atoms with Gasteiger partial charge in [-0.15, -0.1) is 0 Å². The number of aliphatic hydroxyl groups excluding tert-OH is 1. The van der Waals surface area contributed by atoms with E-state index in [-0.39, 0.29) is 23.2 Å². The second kappa shape index (κ2) is 4.23. The molecule has 0 spiro atoms. The molecule has 1 aromatic rings. The molecule has 0 saturated heterocycles. The summed E-state index contributed by atoms with van der Waals surface area (Å²) in [6.45, 7) is 0. The Morgan fingerprint density at radius 2 is 2.00 bits per heavy atom. The van der Waals surface area contributed by atoms with Gasteiger partial charge in [0.05, 0.1) is 5.56 Å². The third kappa shape index (κ3) is 1.98. The van der Waals surface area contributed by atoms with E-state index in [1.54, 1.807) is 30.4 Å². The van der Waals surface area contributed by atoms with Crippen LogP contribution in [-0.2, 0) is 0 Å². The minimum Gasteiger partial charge on any atom is -0.508 e. The minimum atomic E-state index is -0.302. The topological polar surface area (TPSA) is 57.5 Å². The van der Waals surface area contributed by atoms with Gasteiger partial charge in [0.2, 0.25) is 0 Å². The Balaban J connectivity index is 2.22. The second-order valence-electron chi connectivity index (χ2n) is 3.71. The maximum atomic E-state index is 12.0. The Hall–Kier alpha value is -2.03. The summed E-state index contributed by atoms with van der Waals surface area (Å²) in [5, 5.41) is 18.7. The van der Waals surface area contributed by atoms with Gasteiger partial charge >= 0.3 is 0 Å². The van der Waals surface area contributed by atoms with E-state index in [4.69, 9.17) is 5.11 Å². The fourth-order valence-corrected chi connectivity index (χ4v) is 1.69. The average Bonchev–Trinajstić information content (AvgIpc) is 2.30. The number of phenolic OH excluding ortho intramolecular Hbond substituents is 1. The number of Topliss-reactive ketones (excluding diaryl/α,β-unsaturated/α-hetero) is 1. The molecule has 1 aliphatic carbocycles. The maximum absolute atomic E-state index is 12.0. The predicted molar refractivity (Wildman–Crippen MR) is 60.4 cm³/mol. The van der Waals surface area contributed by atoms with Gasteiger partial charge in [-0.2, -0.15) is 0 Å². The number of aromatic hydroxyl groups is 1. The Labute approximate surface area is 93.4 Å². The van der Waals surface area contributed by atoms with Crippen molar-refractivity contribution in [2.24, 2.45) is 5.92 Å². The number of aliphatic hydroxyl groups is 1. The number of carbonyl (C=O) groups excluding carboxylic acids is 1. The van der Waals surface area contributed by atoms with Gasteiger partial charge in [0.15, 0.2) is 5.78 Å². The summed E-state index contributed by atoms with van der Waals surface area (Å²) in [7, 11) is 0. The molecule has 0 aromatic heterocycles. The van der Waals surface area contributed by atoms with Crippen LogP contribution in [0.25, 0.3) is 0 Å². The van der Waals surface area contributed by atoms with Gasteiger partial charge in [0.25, 0.3) is 0 Å². The van der Waals surface area contributed by atoms with Crippen molar-refractivity contribution in [1.29, 1.82) is 0 Å². The number of allylic oxidation sites excluding steroid dienone is 3. The van der Waals surface area contributed by atoms with Crippen LogP contribution >= 0.6 is 0 Å². The highest BCUT2D eigenvalue weighted by Crippen LogP contribution is 2.24. The first kappa shape index (κ1) is 10.5. The van der Waals surface area contributed by atoms with Crippen molar-refractivity contribution in [2.75, 3.05) is 0 Å². The Bertz CT molecular complexity index is 472. The fourth-order valence-electron chi connectivity index (χ4n) is 1.69. The van der Waals surface area contributed by atoms with Crippen LogP contribution < -0.4 is 0 Å². The Morgan fingerprint density at radius 1 is 1.25 bits per heavy atom. The van der Waals surface area contributed by atoms with Gasteiger partial charge in [-0.05, 0) is 30.7 Å². The molecule has 2 rings (SSSR count). The molecule has 1 unspecified atom stereocenters. The molecule has 16 heavy (non-hydrogen) atoms. The van der Waals surface area contributed by atoms with Crippen molar-refractivity contribution in [3.8, 4) is 5.75 Å². The number of para-hydroxylation sites is 1. The van der Waals surface area contributed by atoms with Crippen LogP contribution in [0.1, 0.15) is 16.8 Å². The number of hydrogen-bond donors (Lipinski definition) is 2. The zero-order valence-corrected chi connectivity index (χ0v) is 8.63. The molecular formula is C13H12O3. The highest BCUT2D eigenvalue weighted by Gasteiger charge is 2.20. The second-order valence-corrected chi connectivity index (χ2v) is 3.71. The van der Waals surface area contributed by atoms with E-state index in [1.165, 1.54) is 12.1 Å². The summed E-state index contributed by atoms with van der Waals surface area (Å²) >= 11 is 0. The third-order valence-electron chi connectivity index (χ3n) is 2.59. The zero-order valence-electron chi connectivity index (χ0n) is 8.63. The molecule has 2 N–H and O–H groups in total. The minimum absolute atomic E-state index is 0.000301. The number of phenols is 1. The Kier molecular flexibility index (Phi) is 2.77.